The molecule has 5 heteroatoms. The van der Waals surface area contributed by atoms with Crippen LogP contribution in [-0.2, 0) is 6.54 Å². The molecule has 0 bridgehead atoms. The Hall–Kier alpha value is -1.58. The van der Waals surface area contributed by atoms with Gasteiger partial charge in [0.05, 0.1) is 24.3 Å². The summed E-state index contributed by atoms with van der Waals surface area (Å²) in [5.74, 6) is 1.42. The van der Waals surface area contributed by atoms with E-state index in [1.807, 2.05) is 24.3 Å². The second-order valence-electron chi connectivity index (χ2n) is 4.17. The van der Waals surface area contributed by atoms with Crippen LogP contribution < -0.4 is 14.8 Å². The third-order valence-electron chi connectivity index (χ3n) is 2.86. The average Bonchev–Trinajstić information content (AvgIpc) is 2.48. The SMILES string of the molecule is COc1ccc(CNc2ccc(Cl)c(Cl)c2)cc1OC. The first-order chi connectivity index (χ1) is 9.63. The fourth-order valence-electron chi connectivity index (χ4n) is 1.80. The van der Waals surface area contributed by atoms with E-state index in [4.69, 9.17) is 32.7 Å². The van der Waals surface area contributed by atoms with E-state index in [2.05, 4.69) is 5.32 Å². The third-order valence-corrected chi connectivity index (χ3v) is 3.60. The Morgan fingerprint density at radius 2 is 1.65 bits per heavy atom. The van der Waals surface area contributed by atoms with Gasteiger partial charge in [-0.1, -0.05) is 29.3 Å². The molecule has 0 aliphatic heterocycles. The molecule has 0 aromatic heterocycles. The molecule has 0 aliphatic carbocycles. The van der Waals surface area contributed by atoms with Gasteiger partial charge in [-0.3, -0.25) is 0 Å². The number of rotatable bonds is 5. The number of hydrogen-bond donors (Lipinski definition) is 1. The third kappa shape index (κ3) is 3.50. The topological polar surface area (TPSA) is 30.5 Å². The zero-order valence-corrected chi connectivity index (χ0v) is 12.8. The van der Waals surface area contributed by atoms with Crippen molar-refractivity contribution in [3.8, 4) is 11.5 Å². The standard InChI is InChI=1S/C15H15Cl2NO2/c1-19-14-6-3-10(7-15(14)20-2)9-18-11-4-5-12(16)13(17)8-11/h3-8,18H,9H2,1-2H3. The summed E-state index contributed by atoms with van der Waals surface area (Å²) < 4.78 is 10.5. The summed E-state index contributed by atoms with van der Waals surface area (Å²) in [4.78, 5) is 0. The summed E-state index contributed by atoms with van der Waals surface area (Å²) >= 11 is 11.9. The van der Waals surface area contributed by atoms with Gasteiger partial charge in [0, 0.05) is 12.2 Å². The lowest BCUT2D eigenvalue weighted by molar-refractivity contribution is 0.354. The monoisotopic (exact) mass is 311 g/mol. The summed E-state index contributed by atoms with van der Waals surface area (Å²) in [6, 6.07) is 11.2. The van der Waals surface area contributed by atoms with Gasteiger partial charge in [0.25, 0.3) is 0 Å². The van der Waals surface area contributed by atoms with E-state index in [1.165, 1.54) is 0 Å². The molecule has 2 aromatic carbocycles. The van der Waals surface area contributed by atoms with Crippen molar-refractivity contribution in [1.82, 2.24) is 0 Å². The number of methoxy groups -OCH3 is 2. The Morgan fingerprint density at radius 1 is 0.900 bits per heavy atom. The molecule has 20 heavy (non-hydrogen) atoms. The van der Waals surface area contributed by atoms with Gasteiger partial charge in [0.15, 0.2) is 11.5 Å². The minimum atomic E-state index is 0.531. The highest BCUT2D eigenvalue weighted by Crippen LogP contribution is 2.28. The van der Waals surface area contributed by atoms with Crippen molar-refractivity contribution in [3.63, 3.8) is 0 Å². The maximum Gasteiger partial charge on any atom is 0.161 e. The molecule has 0 radical (unpaired) electrons. The second kappa shape index (κ2) is 6.73. The smallest absolute Gasteiger partial charge is 0.161 e. The van der Waals surface area contributed by atoms with Crippen molar-refractivity contribution in [2.24, 2.45) is 0 Å². The van der Waals surface area contributed by atoms with Crippen LogP contribution in [0, 0.1) is 0 Å². The van der Waals surface area contributed by atoms with Gasteiger partial charge in [0.1, 0.15) is 0 Å². The summed E-state index contributed by atoms with van der Waals surface area (Å²) in [6.07, 6.45) is 0. The van der Waals surface area contributed by atoms with E-state index in [-0.39, 0.29) is 0 Å². The van der Waals surface area contributed by atoms with Gasteiger partial charge in [-0.15, -0.1) is 0 Å². The molecule has 2 rings (SSSR count). The van der Waals surface area contributed by atoms with E-state index in [1.54, 1.807) is 26.4 Å². The molecule has 2 aromatic rings. The number of hydrogen-bond acceptors (Lipinski definition) is 3. The molecule has 106 valence electrons. The summed E-state index contributed by atoms with van der Waals surface area (Å²) in [6.45, 7) is 0.651. The van der Waals surface area contributed by atoms with Crippen molar-refractivity contribution in [2.45, 2.75) is 6.54 Å². The normalized spacial score (nSPS) is 10.2. The van der Waals surface area contributed by atoms with Crippen LogP contribution in [0.3, 0.4) is 0 Å². The predicted octanol–water partition coefficient (Wildman–Crippen LogP) is 4.62. The summed E-state index contributed by atoms with van der Waals surface area (Å²) in [5.41, 5.74) is 1.99. The number of benzene rings is 2. The Kier molecular flexibility index (Phi) is 4.99. The molecule has 0 atom stereocenters. The molecule has 3 nitrogen and oxygen atoms in total. The fraction of sp³-hybridized carbons (Fsp3) is 0.200. The van der Waals surface area contributed by atoms with Crippen LogP contribution in [-0.4, -0.2) is 14.2 Å². The highest BCUT2D eigenvalue weighted by atomic mass is 35.5. The quantitative estimate of drug-likeness (QED) is 0.873. The number of anilines is 1. The largest absolute Gasteiger partial charge is 0.493 e. The average molecular weight is 312 g/mol. The van der Waals surface area contributed by atoms with Gasteiger partial charge in [-0.05, 0) is 35.9 Å². The molecule has 0 unspecified atom stereocenters. The van der Waals surface area contributed by atoms with Gasteiger partial charge in [0.2, 0.25) is 0 Å². The summed E-state index contributed by atoms with van der Waals surface area (Å²) in [5, 5.41) is 4.35. The first-order valence-corrected chi connectivity index (χ1v) is 6.79. The van der Waals surface area contributed by atoms with Gasteiger partial charge >= 0.3 is 0 Å². The molecule has 0 amide bonds. The minimum absolute atomic E-state index is 0.531. The minimum Gasteiger partial charge on any atom is -0.493 e. The number of ether oxygens (including phenoxy) is 2. The highest BCUT2D eigenvalue weighted by molar-refractivity contribution is 6.42. The maximum atomic E-state index is 5.97. The Labute approximate surface area is 128 Å². The van der Waals surface area contributed by atoms with E-state index < -0.39 is 0 Å². The molecule has 0 fully saturated rings. The molecule has 0 spiro atoms. The van der Waals surface area contributed by atoms with Crippen LogP contribution in [0.2, 0.25) is 10.0 Å². The van der Waals surface area contributed by atoms with Gasteiger partial charge < -0.3 is 14.8 Å². The predicted molar refractivity (Wildman–Crippen MR) is 83.3 cm³/mol. The molecular formula is C15H15Cl2NO2. The van der Waals surface area contributed by atoms with Crippen molar-refractivity contribution < 1.29 is 9.47 Å². The van der Waals surface area contributed by atoms with Crippen molar-refractivity contribution in [2.75, 3.05) is 19.5 Å². The first-order valence-electron chi connectivity index (χ1n) is 6.04. The van der Waals surface area contributed by atoms with Crippen LogP contribution in [0.1, 0.15) is 5.56 Å². The Bertz CT molecular complexity index is 602. The lowest BCUT2D eigenvalue weighted by Gasteiger charge is -2.11. The number of halogens is 2. The molecular weight excluding hydrogens is 297 g/mol. The van der Waals surface area contributed by atoms with Crippen molar-refractivity contribution >= 4 is 28.9 Å². The van der Waals surface area contributed by atoms with E-state index in [9.17, 15) is 0 Å². The highest BCUT2D eigenvalue weighted by Gasteiger charge is 2.05. The van der Waals surface area contributed by atoms with E-state index >= 15 is 0 Å². The lowest BCUT2D eigenvalue weighted by Crippen LogP contribution is -2.00. The Balaban J connectivity index is 2.08. The van der Waals surface area contributed by atoms with Crippen LogP contribution in [0.4, 0.5) is 5.69 Å². The van der Waals surface area contributed by atoms with Crippen LogP contribution in [0.25, 0.3) is 0 Å². The zero-order chi connectivity index (χ0) is 14.5. The fourth-order valence-corrected chi connectivity index (χ4v) is 2.10. The molecule has 1 N–H and O–H groups in total. The van der Waals surface area contributed by atoms with Gasteiger partial charge in [-0.25, -0.2) is 0 Å². The number of nitrogens with one attached hydrogen (secondary N) is 1. The summed E-state index contributed by atoms with van der Waals surface area (Å²) in [7, 11) is 3.24. The second-order valence-corrected chi connectivity index (χ2v) is 4.99. The van der Waals surface area contributed by atoms with Crippen LogP contribution in [0.15, 0.2) is 36.4 Å². The Morgan fingerprint density at radius 3 is 2.30 bits per heavy atom. The first kappa shape index (κ1) is 14.8. The van der Waals surface area contributed by atoms with Crippen molar-refractivity contribution in [3.05, 3.63) is 52.0 Å². The van der Waals surface area contributed by atoms with E-state index in [0.717, 1.165) is 11.3 Å². The molecule has 0 heterocycles. The maximum absolute atomic E-state index is 5.97. The van der Waals surface area contributed by atoms with E-state index in [0.29, 0.717) is 28.1 Å². The van der Waals surface area contributed by atoms with Gasteiger partial charge in [-0.2, -0.15) is 0 Å². The van der Waals surface area contributed by atoms with Crippen LogP contribution >= 0.6 is 23.2 Å². The van der Waals surface area contributed by atoms with Crippen molar-refractivity contribution in [1.29, 1.82) is 0 Å². The molecule has 0 saturated carbocycles. The lowest BCUT2D eigenvalue weighted by atomic mass is 10.2. The molecule has 0 aliphatic rings. The zero-order valence-electron chi connectivity index (χ0n) is 11.2. The molecule has 0 saturated heterocycles. The van der Waals surface area contributed by atoms with Crippen LogP contribution in [0.5, 0.6) is 11.5 Å².